The number of rotatable bonds is 67. The van der Waals surface area contributed by atoms with E-state index in [0.717, 1.165) is 116 Å². The van der Waals surface area contributed by atoms with Crippen molar-refractivity contribution in [3.05, 3.63) is 134 Å². The Morgan fingerprint density at radius 1 is 0.267 bits per heavy atom. The Labute approximate surface area is 534 Å². The fourth-order valence-electron chi connectivity index (χ4n) is 10.5. The molecule has 5 nitrogen and oxygen atoms in total. The number of hydrogen-bond acceptors (Lipinski definition) is 5. The lowest BCUT2D eigenvalue weighted by molar-refractivity contribution is -0.161. The normalized spacial score (nSPS) is 13.0. The summed E-state index contributed by atoms with van der Waals surface area (Å²) in [4.78, 5) is 24.7. The summed E-state index contributed by atoms with van der Waals surface area (Å²) in [5.74, 6) is -0.589. The molecule has 0 fully saturated rings. The molecule has 0 aliphatic rings. The SMILES string of the molecule is CC/C=C\C/C=C\C/C=C\C/C=C\C/C=C\C/C=C\C/C=C\CCCCCCCCCCCC(=O)OC(CO)COC(=O)CCCCCCCCCCCCCCCCCCCCCCCCCCCCCC/C=C\C/C=C\C/C=C\C/C=C\CC. The van der Waals surface area contributed by atoms with Crippen molar-refractivity contribution in [1.29, 1.82) is 0 Å². The van der Waals surface area contributed by atoms with Gasteiger partial charge in [0.1, 0.15) is 6.61 Å². The number of carbonyl (C=O) groups excluding carboxylic acids is 2. The number of allylic oxidation sites excluding steroid dienone is 22. The minimum absolute atomic E-state index is 0.0707. The van der Waals surface area contributed by atoms with Crippen molar-refractivity contribution in [2.75, 3.05) is 13.2 Å². The zero-order valence-corrected chi connectivity index (χ0v) is 56.5. The molecule has 0 rings (SSSR count). The number of hydrogen-bond donors (Lipinski definition) is 1. The van der Waals surface area contributed by atoms with E-state index in [4.69, 9.17) is 9.47 Å². The van der Waals surface area contributed by atoms with Crippen LogP contribution in [-0.4, -0.2) is 36.4 Å². The van der Waals surface area contributed by atoms with Gasteiger partial charge in [-0.15, -0.1) is 0 Å². The first-order valence-electron chi connectivity index (χ1n) is 36.7. The third-order valence-corrected chi connectivity index (χ3v) is 15.9. The van der Waals surface area contributed by atoms with Crippen molar-refractivity contribution in [2.24, 2.45) is 0 Å². The zero-order chi connectivity index (χ0) is 61.9. The van der Waals surface area contributed by atoms with Crippen LogP contribution in [0.15, 0.2) is 134 Å². The fourth-order valence-corrected chi connectivity index (χ4v) is 10.5. The number of aliphatic hydroxyl groups is 1. The fraction of sp³-hybridized carbons (Fsp3) is 0.704. The average molecular weight is 1190 g/mol. The highest BCUT2D eigenvalue weighted by Crippen LogP contribution is 2.18. The molecule has 0 aliphatic carbocycles. The molecule has 0 aromatic rings. The monoisotopic (exact) mass is 1190 g/mol. The average Bonchev–Trinajstić information content (AvgIpc) is 3.55. The van der Waals surface area contributed by atoms with E-state index in [2.05, 4.69) is 148 Å². The van der Waals surface area contributed by atoms with Crippen LogP contribution in [-0.2, 0) is 19.1 Å². The summed E-state index contributed by atoms with van der Waals surface area (Å²) in [6.45, 7) is 3.94. The van der Waals surface area contributed by atoms with E-state index < -0.39 is 6.10 Å². The van der Waals surface area contributed by atoms with Gasteiger partial charge in [0.05, 0.1) is 6.61 Å². The molecule has 0 aromatic carbocycles. The molecule has 1 unspecified atom stereocenters. The van der Waals surface area contributed by atoms with Crippen LogP contribution in [0.1, 0.15) is 348 Å². The molecular weight excluding hydrogens is 1050 g/mol. The molecule has 0 spiro atoms. The summed E-state index contributed by atoms with van der Waals surface area (Å²) in [7, 11) is 0. The Bertz CT molecular complexity index is 1730. The maximum Gasteiger partial charge on any atom is 0.306 e. The van der Waals surface area contributed by atoms with Gasteiger partial charge in [0.25, 0.3) is 0 Å². The van der Waals surface area contributed by atoms with Crippen LogP contribution in [0.5, 0.6) is 0 Å². The predicted molar refractivity (Wildman–Crippen MR) is 380 cm³/mol. The van der Waals surface area contributed by atoms with Gasteiger partial charge in [-0.1, -0.05) is 359 Å². The molecule has 5 heteroatoms. The maximum absolute atomic E-state index is 12.4. The van der Waals surface area contributed by atoms with Crippen molar-refractivity contribution in [3.63, 3.8) is 0 Å². The Hall–Kier alpha value is -3.96. The molecule has 1 atom stereocenters. The largest absolute Gasteiger partial charge is 0.462 e. The number of carbonyl (C=O) groups is 2. The molecule has 0 aliphatic heterocycles. The Kier molecular flexibility index (Phi) is 71.8. The minimum atomic E-state index is -0.783. The van der Waals surface area contributed by atoms with Crippen LogP contribution in [0.4, 0.5) is 0 Å². The van der Waals surface area contributed by atoms with E-state index in [1.807, 2.05) is 0 Å². The summed E-state index contributed by atoms with van der Waals surface area (Å²) < 4.78 is 10.8. The number of aliphatic hydroxyl groups excluding tert-OH is 1. The maximum atomic E-state index is 12.4. The summed E-state index contributed by atoms with van der Waals surface area (Å²) in [6.07, 6.45) is 112. The number of esters is 2. The predicted octanol–water partition coefficient (Wildman–Crippen LogP) is 25.9. The molecule has 0 heterocycles. The highest BCUT2D eigenvalue weighted by Gasteiger charge is 2.16. The molecule has 0 bridgehead atoms. The second kappa shape index (κ2) is 75.3. The Morgan fingerprint density at radius 3 is 0.698 bits per heavy atom. The molecule has 0 saturated heterocycles. The number of ether oxygens (including phenoxy) is 2. The first kappa shape index (κ1) is 82.0. The van der Waals surface area contributed by atoms with E-state index >= 15 is 0 Å². The van der Waals surface area contributed by atoms with E-state index in [0.29, 0.717) is 12.8 Å². The highest BCUT2D eigenvalue weighted by molar-refractivity contribution is 5.70. The van der Waals surface area contributed by atoms with Gasteiger partial charge in [0.2, 0.25) is 0 Å². The van der Waals surface area contributed by atoms with Gasteiger partial charge in [-0.2, -0.15) is 0 Å². The Balaban J connectivity index is 3.44. The highest BCUT2D eigenvalue weighted by atomic mass is 16.6. The van der Waals surface area contributed by atoms with E-state index in [-0.39, 0.29) is 25.2 Å². The first-order valence-corrected chi connectivity index (χ1v) is 36.7. The lowest BCUT2D eigenvalue weighted by Gasteiger charge is -2.15. The van der Waals surface area contributed by atoms with Crippen LogP contribution in [0.3, 0.4) is 0 Å². The summed E-state index contributed by atoms with van der Waals surface area (Å²) >= 11 is 0. The Morgan fingerprint density at radius 2 is 0.465 bits per heavy atom. The zero-order valence-electron chi connectivity index (χ0n) is 56.5. The van der Waals surface area contributed by atoms with Crippen LogP contribution in [0, 0.1) is 0 Å². The quantitative estimate of drug-likeness (QED) is 0.0373. The van der Waals surface area contributed by atoms with Crippen molar-refractivity contribution in [1.82, 2.24) is 0 Å². The molecule has 86 heavy (non-hydrogen) atoms. The van der Waals surface area contributed by atoms with Crippen molar-refractivity contribution in [2.45, 2.75) is 354 Å². The standard InChI is InChI=1S/C81H138O5/c1-3-5-7-9-11-13-15-17-19-21-23-25-27-29-31-33-35-36-37-38-39-40-41-42-43-44-46-47-49-51-53-55-57-59-61-63-65-67-69-71-73-75-80(83)85-78-79(77-82)86-81(84)76-74-72-70-68-66-64-62-60-58-56-54-52-50-48-45-34-32-30-28-26-24-22-20-18-16-14-12-10-8-6-4-2/h5-8,11-14,17-20,23-26,30,32,45,48,52,54,79,82H,3-4,9-10,15-16,21-22,27-29,31,33-44,46-47,49-51,53,55-78H2,1-2H3/b7-5-,8-6-,13-11-,14-12-,19-17-,20-18-,25-23-,26-24-,32-30-,48-45-,54-52-. The third-order valence-electron chi connectivity index (χ3n) is 15.9. The third kappa shape index (κ3) is 72.5. The number of unbranched alkanes of at least 4 members (excludes halogenated alkanes) is 37. The molecular formula is C81H138O5. The smallest absolute Gasteiger partial charge is 0.306 e. The van der Waals surface area contributed by atoms with Gasteiger partial charge < -0.3 is 14.6 Å². The second-order valence-corrected chi connectivity index (χ2v) is 24.3. The topological polar surface area (TPSA) is 72.8 Å². The molecule has 0 amide bonds. The van der Waals surface area contributed by atoms with Crippen molar-refractivity contribution in [3.8, 4) is 0 Å². The van der Waals surface area contributed by atoms with E-state index in [1.165, 1.54) is 205 Å². The molecule has 0 saturated carbocycles. The van der Waals surface area contributed by atoms with E-state index in [1.54, 1.807) is 0 Å². The van der Waals surface area contributed by atoms with Gasteiger partial charge in [-0.25, -0.2) is 0 Å². The van der Waals surface area contributed by atoms with Crippen molar-refractivity contribution >= 4 is 11.9 Å². The van der Waals surface area contributed by atoms with E-state index in [9.17, 15) is 14.7 Å². The van der Waals surface area contributed by atoms with Crippen LogP contribution < -0.4 is 0 Å². The summed E-state index contributed by atoms with van der Waals surface area (Å²) in [5.41, 5.74) is 0. The van der Waals surface area contributed by atoms with Crippen LogP contribution in [0.2, 0.25) is 0 Å². The molecule has 0 aromatic heterocycles. The molecule has 492 valence electrons. The van der Waals surface area contributed by atoms with Gasteiger partial charge >= 0.3 is 11.9 Å². The second-order valence-electron chi connectivity index (χ2n) is 24.3. The molecule has 0 radical (unpaired) electrons. The van der Waals surface area contributed by atoms with Gasteiger partial charge in [-0.3, -0.25) is 9.59 Å². The molecule has 1 N–H and O–H groups in total. The summed E-state index contributed by atoms with van der Waals surface area (Å²) in [6, 6.07) is 0. The first-order chi connectivity index (χ1) is 42.6. The van der Waals surface area contributed by atoms with Crippen LogP contribution >= 0.6 is 0 Å². The minimum Gasteiger partial charge on any atom is -0.462 e. The van der Waals surface area contributed by atoms with Crippen LogP contribution in [0.25, 0.3) is 0 Å². The van der Waals surface area contributed by atoms with Gasteiger partial charge in [-0.05, 0) is 109 Å². The van der Waals surface area contributed by atoms with Gasteiger partial charge in [0, 0.05) is 12.8 Å². The summed E-state index contributed by atoms with van der Waals surface area (Å²) in [5, 5.41) is 9.71. The lowest BCUT2D eigenvalue weighted by atomic mass is 10.0. The lowest BCUT2D eigenvalue weighted by Crippen LogP contribution is -2.28. The van der Waals surface area contributed by atoms with Crippen molar-refractivity contribution < 1.29 is 24.2 Å². The van der Waals surface area contributed by atoms with Gasteiger partial charge in [0.15, 0.2) is 6.10 Å².